The van der Waals surface area contributed by atoms with Crippen molar-refractivity contribution in [3.63, 3.8) is 0 Å². The van der Waals surface area contributed by atoms with Crippen LogP contribution in [-0.4, -0.2) is 0 Å². The van der Waals surface area contributed by atoms with Crippen molar-refractivity contribution in [2.24, 2.45) is 0 Å². The van der Waals surface area contributed by atoms with E-state index in [2.05, 4.69) is 62.4 Å². The Morgan fingerprint density at radius 1 is 0.469 bits per heavy atom. The van der Waals surface area contributed by atoms with Gasteiger partial charge in [-0.05, 0) is 61.1 Å². The minimum absolute atomic E-state index is 0. The molecule has 0 bridgehead atoms. The van der Waals surface area contributed by atoms with E-state index in [-0.39, 0.29) is 52.8 Å². The molecular weight excluding hydrogens is 415 g/mol. The normalized spacial score (nSPS) is 10.7. The molecule has 2 aromatic rings. The van der Waals surface area contributed by atoms with Crippen molar-refractivity contribution >= 4 is 0 Å². The first kappa shape index (κ1) is 29.9. The molecule has 0 atom stereocenters. The van der Waals surface area contributed by atoms with Gasteiger partial charge in [-0.3, -0.25) is 0 Å². The molecule has 174 valence electrons. The minimum Gasteiger partial charge on any atom is -1.00 e. The number of ether oxygens (including phenoxy) is 1. The Morgan fingerprint density at radius 3 is 1.12 bits per heavy atom. The molecule has 0 radical (unpaired) electrons. The molecule has 0 aliphatic heterocycles. The van der Waals surface area contributed by atoms with Crippen LogP contribution in [0.4, 0.5) is 0 Å². The fourth-order valence-corrected chi connectivity index (χ4v) is 4.16. The van der Waals surface area contributed by atoms with Gasteiger partial charge in [0.05, 0.1) is 0 Å². The van der Waals surface area contributed by atoms with Gasteiger partial charge in [-0.15, -0.1) is 0 Å². The fourth-order valence-electron chi connectivity index (χ4n) is 4.16. The number of hydrogen-bond donors (Lipinski definition) is 0. The summed E-state index contributed by atoms with van der Waals surface area (Å²) in [5.74, 6) is 1.87. The molecule has 0 N–H and O–H groups in total. The molecule has 0 spiro atoms. The van der Waals surface area contributed by atoms with E-state index >= 15 is 0 Å². The van der Waals surface area contributed by atoms with Crippen LogP contribution in [0.5, 0.6) is 11.5 Å². The summed E-state index contributed by atoms with van der Waals surface area (Å²) in [6.45, 7) is 4.56. The Morgan fingerprint density at radius 2 is 0.781 bits per heavy atom. The summed E-state index contributed by atoms with van der Waals surface area (Å²) in [5.41, 5.74) is 2.84. The van der Waals surface area contributed by atoms with E-state index < -0.39 is 0 Å². The first-order chi connectivity index (χ1) is 15.3. The zero-order valence-corrected chi connectivity index (χ0v) is 24.5. The standard InChI is InChI=1S/C30H46O.K.H/c1-3-5-7-9-11-13-15-17-27-19-23-29(24-20-27)31-30-25-21-28(22-26-30)18-16-14-12-10-8-6-4-2;;/h19-26H,3-18H2,1-2H3;;/q;+1;-1. The molecule has 32 heavy (non-hydrogen) atoms. The fraction of sp³-hybridized carbons (Fsp3) is 0.600. The van der Waals surface area contributed by atoms with Crippen LogP contribution < -0.4 is 56.1 Å². The summed E-state index contributed by atoms with van der Waals surface area (Å²) >= 11 is 0. The SMILES string of the molecule is CCCCCCCCCc1ccc(Oc2ccc(CCCCCCCCC)cc2)cc1.[H-].[K+]. The Kier molecular flexibility index (Phi) is 18.9. The Labute approximate surface area is 243 Å². The Balaban J connectivity index is 0.00000512. The third kappa shape index (κ3) is 14.2. The number of hydrogen-bond acceptors (Lipinski definition) is 1. The number of unbranched alkanes of at least 4 members (excludes halogenated alkanes) is 12. The van der Waals surface area contributed by atoms with E-state index in [1.165, 1.54) is 114 Å². The van der Waals surface area contributed by atoms with Gasteiger partial charge in [0.15, 0.2) is 0 Å². The predicted octanol–water partition coefficient (Wildman–Crippen LogP) is 7.18. The van der Waals surface area contributed by atoms with Gasteiger partial charge in [0.25, 0.3) is 0 Å². The summed E-state index contributed by atoms with van der Waals surface area (Å²) in [6.07, 6.45) is 21.5. The first-order valence-electron chi connectivity index (χ1n) is 13.2. The smallest absolute Gasteiger partial charge is 1.00 e. The van der Waals surface area contributed by atoms with Crippen LogP contribution in [-0.2, 0) is 12.8 Å². The quantitative estimate of drug-likeness (QED) is 0.168. The van der Waals surface area contributed by atoms with Crippen molar-refractivity contribution in [2.45, 2.75) is 117 Å². The van der Waals surface area contributed by atoms with Gasteiger partial charge in [0.2, 0.25) is 0 Å². The summed E-state index contributed by atoms with van der Waals surface area (Å²) < 4.78 is 6.05. The number of aryl methyl sites for hydroxylation is 2. The van der Waals surface area contributed by atoms with Crippen molar-refractivity contribution in [3.05, 3.63) is 59.7 Å². The van der Waals surface area contributed by atoms with Crippen LogP contribution in [0.1, 0.15) is 116 Å². The van der Waals surface area contributed by atoms with Crippen molar-refractivity contribution < 1.29 is 57.5 Å². The van der Waals surface area contributed by atoms with Gasteiger partial charge < -0.3 is 6.16 Å². The van der Waals surface area contributed by atoms with E-state index in [4.69, 9.17) is 4.74 Å². The molecule has 2 rings (SSSR count). The minimum atomic E-state index is 0. The molecule has 0 heterocycles. The molecule has 0 aromatic heterocycles. The molecule has 0 aliphatic carbocycles. The van der Waals surface area contributed by atoms with Gasteiger partial charge >= 0.3 is 51.4 Å². The van der Waals surface area contributed by atoms with E-state index in [0.717, 1.165) is 11.5 Å². The van der Waals surface area contributed by atoms with Gasteiger partial charge in [0.1, 0.15) is 11.5 Å². The van der Waals surface area contributed by atoms with Crippen molar-refractivity contribution in [1.29, 1.82) is 0 Å². The largest absolute Gasteiger partial charge is 1.00 e. The summed E-state index contributed by atoms with van der Waals surface area (Å²) in [4.78, 5) is 0. The van der Waals surface area contributed by atoms with Crippen LogP contribution >= 0.6 is 0 Å². The Bertz CT molecular complexity index is 609. The monoisotopic (exact) mass is 462 g/mol. The summed E-state index contributed by atoms with van der Waals surface area (Å²) in [7, 11) is 0. The van der Waals surface area contributed by atoms with Gasteiger partial charge in [0, 0.05) is 0 Å². The van der Waals surface area contributed by atoms with E-state index in [0.29, 0.717) is 0 Å². The van der Waals surface area contributed by atoms with Gasteiger partial charge in [-0.1, -0.05) is 115 Å². The maximum absolute atomic E-state index is 6.05. The second kappa shape index (κ2) is 20.3. The first-order valence-corrected chi connectivity index (χ1v) is 13.2. The van der Waals surface area contributed by atoms with E-state index in [1.807, 2.05) is 0 Å². The van der Waals surface area contributed by atoms with Crippen LogP contribution in [0.3, 0.4) is 0 Å². The van der Waals surface area contributed by atoms with Crippen molar-refractivity contribution in [3.8, 4) is 11.5 Å². The molecule has 0 saturated carbocycles. The third-order valence-electron chi connectivity index (χ3n) is 6.22. The van der Waals surface area contributed by atoms with E-state index in [1.54, 1.807) is 0 Å². The van der Waals surface area contributed by atoms with Gasteiger partial charge in [-0.2, -0.15) is 0 Å². The number of rotatable bonds is 18. The average Bonchev–Trinajstić information content (AvgIpc) is 2.80. The molecule has 0 unspecified atom stereocenters. The predicted molar refractivity (Wildman–Crippen MR) is 137 cm³/mol. The van der Waals surface area contributed by atoms with Crippen LogP contribution in [0, 0.1) is 0 Å². The van der Waals surface area contributed by atoms with Crippen LogP contribution in [0.25, 0.3) is 0 Å². The van der Waals surface area contributed by atoms with Crippen LogP contribution in [0.15, 0.2) is 48.5 Å². The zero-order chi connectivity index (χ0) is 22.0. The average molecular weight is 463 g/mol. The molecule has 2 aromatic carbocycles. The third-order valence-corrected chi connectivity index (χ3v) is 6.22. The Hall–Kier alpha value is -0.124. The topological polar surface area (TPSA) is 9.23 Å². The maximum Gasteiger partial charge on any atom is 1.00 e. The molecule has 2 heteroatoms. The van der Waals surface area contributed by atoms with E-state index in [9.17, 15) is 0 Å². The zero-order valence-electron chi connectivity index (χ0n) is 22.3. The molecule has 0 aliphatic rings. The van der Waals surface area contributed by atoms with Crippen molar-refractivity contribution in [1.82, 2.24) is 0 Å². The molecule has 0 amide bonds. The maximum atomic E-state index is 6.05. The second-order valence-corrected chi connectivity index (χ2v) is 9.13. The summed E-state index contributed by atoms with van der Waals surface area (Å²) in [5, 5.41) is 0. The molecule has 1 nitrogen and oxygen atoms in total. The number of benzene rings is 2. The van der Waals surface area contributed by atoms with Crippen molar-refractivity contribution in [2.75, 3.05) is 0 Å². The second-order valence-electron chi connectivity index (χ2n) is 9.13. The molecular formula is C30H47KO. The molecule has 0 fully saturated rings. The van der Waals surface area contributed by atoms with Crippen LogP contribution in [0.2, 0.25) is 0 Å². The molecule has 0 saturated heterocycles. The van der Waals surface area contributed by atoms with Gasteiger partial charge in [-0.25, -0.2) is 0 Å². The summed E-state index contributed by atoms with van der Waals surface area (Å²) in [6, 6.07) is 17.4.